The molecule has 0 aliphatic carbocycles. The monoisotopic (exact) mass is 177 g/mol. The second-order valence-electron chi connectivity index (χ2n) is 3.22. The zero-order valence-corrected chi connectivity index (χ0v) is 7.90. The molecule has 2 rings (SSSR count). The molecule has 0 aliphatic heterocycles. The molecule has 0 radical (unpaired) electrons. The summed E-state index contributed by atoms with van der Waals surface area (Å²) in [4.78, 5) is 11.7. The van der Waals surface area contributed by atoms with Crippen LogP contribution in [0.4, 0.5) is 0 Å². The van der Waals surface area contributed by atoms with Crippen molar-refractivity contribution in [2.75, 3.05) is 0 Å². The average molecular weight is 177 g/mol. The molecular weight excluding hydrogens is 166 g/mol. The van der Waals surface area contributed by atoms with Gasteiger partial charge in [-0.25, -0.2) is 0 Å². The lowest BCUT2D eigenvalue weighted by molar-refractivity contribution is 0.791. The van der Waals surface area contributed by atoms with E-state index >= 15 is 0 Å². The van der Waals surface area contributed by atoms with E-state index in [1.807, 2.05) is 20.0 Å². The van der Waals surface area contributed by atoms with Crippen molar-refractivity contribution in [1.82, 2.24) is 14.3 Å². The molecule has 0 saturated carbocycles. The fourth-order valence-electron chi connectivity index (χ4n) is 1.42. The summed E-state index contributed by atoms with van der Waals surface area (Å²) in [5.41, 5.74) is 1.85. The Kier molecular flexibility index (Phi) is 1.52. The van der Waals surface area contributed by atoms with Crippen molar-refractivity contribution in [2.24, 2.45) is 14.1 Å². The van der Waals surface area contributed by atoms with Crippen molar-refractivity contribution in [3.63, 3.8) is 0 Å². The third kappa shape index (κ3) is 0.983. The maximum atomic E-state index is 11.7. The zero-order valence-electron chi connectivity index (χ0n) is 7.90. The van der Waals surface area contributed by atoms with E-state index in [1.54, 1.807) is 22.5 Å². The Balaban J connectivity index is 3.05. The number of aryl methyl sites for hydroxylation is 2. The molecule has 0 aromatic carbocycles. The normalized spacial score (nSPS) is 11.0. The fourth-order valence-corrected chi connectivity index (χ4v) is 1.42. The molecule has 0 saturated heterocycles. The molecule has 2 heterocycles. The van der Waals surface area contributed by atoms with Gasteiger partial charge in [0.1, 0.15) is 0 Å². The molecule has 0 atom stereocenters. The van der Waals surface area contributed by atoms with Crippen LogP contribution in [0.25, 0.3) is 10.9 Å². The zero-order chi connectivity index (χ0) is 9.59. The van der Waals surface area contributed by atoms with E-state index in [9.17, 15) is 4.79 Å². The van der Waals surface area contributed by atoms with Gasteiger partial charge in [-0.15, -0.1) is 0 Å². The van der Waals surface area contributed by atoms with Crippen LogP contribution < -0.4 is 5.56 Å². The Morgan fingerprint density at radius 2 is 2.08 bits per heavy atom. The molecule has 68 valence electrons. The minimum Gasteiger partial charge on any atom is -0.315 e. The van der Waals surface area contributed by atoms with Gasteiger partial charge in [-0.3, -0.25) is 9.48 Å². The van der Waals surface area contributed by atoms with E-state index < -0.39 is 0 Å². The third-order valence-corrected chi connectivity index (χ3v) is 2.39. The van der Waals surface area contributed by atoms with E-state index in [0.29, 0.717) is 5.39 Å². The highest BCUT2D eigenvalue weighted by atomic mass is 16.1. The summed E-state index contributed by atoms with van der Waals surface area (Å²) in [6.45, 7) is 1.91. The van der Waals surface area contributed by atoms with Crippen LogP contribution in [-0.4, -0.2) is 14.3 Å². The third-order valence-electron chi connectivity index (χ3n) is 2.39. The molecule has 0 N–H and O–H groups in total. The molecule has 4 heteroatoms. The van der Waals surface area contributed by atoms with Crippen molar-refractivity contribution >= 4 is 10.9 Å². The molecule has 0 spiro atoms. The number of pyridine rings is 1. The van der Waals surface area contributed by atoms with Crippen molar-refractivity contribution in [3.8, 4) is 0 Å². The molecule has 0 bridgehead atoms. The fraction of sp³-hybridized carbons (Fsp3) is 0.333. The van der Waals surface area contributed by atoms with Gasteiger partial charge >= 0.3 is 0 Å². The maximum Gasteiger partial charge on any atom is 0.261 e. The van der Waals surface area contributed by atoms with Crippen LogP contribution in [-0.2, 0) is 14.1 Å². The lowest BCUT2D eigenvalue weighted by atomic mass is 10.3. The van der Waals surface area contributed by atoms with Crippen LogP contribution in [0.5, 0.6) is 0 Å². The topological polar surface area (TPSA) is 39.8 Å². The SMILES string of the molecule is Cc1cc2c(cnn2C)c(=O)n1C. The summed E-state index contributed by atoms with van der Waals surface area (Å²) in [6, 6.07) is 1.96. The minimum absolute atomic E-state index is 0.0168. The van der Waals surface area contributed by atoms with Crippen LogP contribution in [0, 0.1) is 6.92 Å². The van der Waals surface area contributed by atoms with E-state index in [1.165, 1.54) is 0 Å². The van der Waals surface area contributed by atoms with Crippen molar-refractivity contribution < 1.29 is 0 Å². The summed E-state index contributed by atoms with van der Waals surface area (Å²) in [6.07, 6.45) is 1.61. The summed E-state index contributed by atoms with van der Waals surface area (Å²) in [5.74, 6) is 0. The van der Waals surface area contributed by atoms with Gasteiger partial charge in [0.05, 0.1) is 17.1 Å². The molecule has 0 unspecified atom stereocenters. The smallest absolute Gasteiger partial charge is 0.261 e. The Labute approximate surface area is 75.4 Å². The average Bonchev–Trinajstić information content (AvgIpc) is 2.45. The highest BCUT2D eigenvalue weighted by Crippen LogP contribution is 2.08. The first-order chi connectivity index (χ1) is 6.11. The molecule has 0 fully saturated rings. The standard InChI is InChI=1S/C9H11N3O/c1-6-4-8-7(5-10-12(8)3)9(13)11(6)2/h4-5H,1-3H3. The highest BCUT2D eigenvalue weighted by molar-refractivity contribution is 5.77. The number of fused-ring (bicyclic) bond motifs is 1. The van der Waals surface area contributed by atoms with Gasteiger partial charge in [0, 0.05) is 19.8 Å². The van der Waals surface area contributed by atoms with Crippen LogP contribution in [0.2, 0.25) is 0 Å². The van der Waals surface area contributed by atoms with Crippen LogP contribution >= 0.6 is 0 Å². The molecule has 2 aromatic heterocycles. The van der Waals surface area contributed by atoms with Crippen molar-refractivity contribution in [1.29, 1.82) is 0 Å². The summed E-state index contributed by atoms with van der Waals surface area (Å²) < 4.78 is 3.34. The lowest BCUT2D eigenvalue weighted by Gasteiger charge is -2.02. The first-order valence-electron chi connectivity index (χ1n) is 4.09. The van der Waals surface area contributed by atoms with E-state index in [2.05, 4.69) is 5.10 Å². The van der Waals surface area contributed by atoms with Gasteiger partial charge < -0.3 is 4.57 Å². The van der Waals surface area contributed by atoms with Crippen LogP contribution in [0.1, 0.15) is 5.69 Å². The number of rotatable bonds is 0. The first-order valence-corrected chi connectivity index (χ1v) is 4.09. The Morgan fingerprint density at radius 3 is 2.77 bits per heavy atom. The Bertz CT molecular complexity index is 521. The van der Waals surface area contributed by atoms with Gasteiger partial charge in [0.2, 0.25) is 0 Å². The molecular formula is C9H11N3O. The van der Waals surface area contributed by atoms with Gasteiger partial charge in [0.25, 0.3) is 5.56 Å². The highest BCUT2D eigenvalue weighted by Gasteiger charge is 2.06. The predicted octanol–water partition coefficient (Wildman–Crippen LogP) is 0.580. The molecule has 4 nitrogen and oxygen atoms in total. The van der Waals surface area contributed by atoms with Gasteiger partial charge in [-0.1, -0.05) is 0 Å². The second kappa shape index (κ2) is 2.45. The summed E-state index contributed by atoms with van der Waals surface area (Å²) >= 11 is 0. The van der Waals surface area contributed by atoms with Gasteiger partial charge in [-0.05, 0) is 13.0 Å². The Hall–Kier alpha value is -1.58. The maximum absolute atomic E-state index is 11.7. The molecule has 0 amide bonds. The molecule has 13 heavy (non-hydrogen) atoms. The van der Waals surface area contributed by atoms with Gasteiger partial charge in [-0.2, -0.15) is 5.10 Å². The summed E-state index contributed by atoms with van der Waals surface area (Å²) in [7, 11) is 3.60. The van der Waals surface area contributed by atoms with E-state index in [-0.39, 0.29) is 5.56 Å². The van der Waals surface area contributed by atoms with E-state index in [4.69, 9.17) is 0 Å². The van der Waals surface area contributed by atoms with Crippen LogP contribution in [0.3, 0.4) is 0 Å². The van der Waals surface area contributed by atoms with Crippen LogP contribution in [0.15, 0.2) is 17.1 Å². The lowest BCUT2D eigenvalue weighted by Crippen LogP contribution is -2.18. The number of nitrogens with zero attached hydrogens (tertiary/aromatic N) is 3. The number of aromatic nitrogens is 3. The Morgan fingerprint density at radius 1 is 1.38 bits per heavy atom. The molecule has 2 aromatic rings. The first kappa shape index (κ1) is 8.04. The predicted molar refractivity (Wildman–Crippen MR) is 50.7 cm³/mol. The number of hydrogen-bond donors (Lipinski definition) is 0. The van der Waals surface area contributed by atoms with Crippen molar-refractivity contribution in [3.05, 3.63) is 28.3 Å². The van der Waals surface area contributed by atoms with Gasteiger partial charge in [0.15, 0.2) is 0 Å². The van der Waals surface area contributed by atoms with E-state index in [0.717, 1.165) is 11.2 Å². The number of hydrogen-bond acceptors (Lipinski definition) is 2. The van der Waals surface area contributed by atoms with Crippen molar-refractivity contribution in [2.45, 2.75) is 6.92 Å². The molecule has 0 aliphatic rings. The minimum atomic E-state index is 0.0168. The summed E-state index contributed by atoms with van der Waals surface area (Å²) in [5, 5.41) is 4.72. The quantitative estimate of drug-likeness (QED) is 0.590. The second-order valence-corrected chi connectivity index (χ2v) is 3.22. The largest absolute Gasteiger partial charge is 0.315 e.